The van der Waals surface area contributed by atoms with Gasteiger partial charge in [0.15, 0.2) is 23.9 Å². The summed E-state index contributed by atoms with van der Waals surface area (Å²) in [5.41, 5.74) is -0.615. The first kappa shape index (κ1) is 28.4. The van der Waals surface area contributed by atoms with Crippen LogP contribution in [-0.4, -0.2) is 83.0 Å². The zero-order valence-electron chi connectivity index (χ0n) is 21.6. The van der Waals surface area contributed by atoms with Crippen LogP contribution in [0, 0.1) is 5.82 Å². The summed E-state index contributed by atoms with van der Waals surface area (Å²) in [4.78, 5) is 40.7. The minimum absolute atomic E-state index is 0.102. The molecule has 1 fully saturated rings. The summed E-state index contributed by atoms with van der Waals surface area (Å²) >= 11 is 0. The number of anilines is 1. The molecule has 1 aliphatic heterocycles. The minimum atomic E-state index is -4.37. The Kier molecular flexibility index (Phi) is 8.58. The first-order chi connectivity index (χ1) is 19.1. The molecule has 40 heavy (non-hydrogen) atoms. The maximum absolute atomic E-state index is 14.1. The van der Waals surface area contributed by atoms with Gasteiger partial charge in [-0.2, -0.15) is 0 Å². The number of rotatable bonds is 9. The van der Waals surface area contributed by atoms with Crippen molar-refractivity contribution in [2.45, 2.75) is 4.90 Å². The Morgan fingerprint density at radius 3 is 2.30 bits per heavy atom. The molecule has 0 saturated carbocycles. The number of hydrogen-bond donors (Lipinski definition) is 1. The molecule has 14 heteroatoms. The van der Waals surface area contributed by atoms with Crippen LogP contribution in [0.3, 0.4) is 0 Å². The van der Waals surface area contributed by atoms with Gasteiger partial charge in [-0.1, -0.05) is 12.1 Å². The molecule has 4 rings (SSSR count). The molecular formula is C26H26FN3O9S. The number of methoxy groups -OCH3 is 2. The molecule has 0 aliphatic carbocycles. The van der Waals surface area contributed by atoms with Crippen molar-refractivity contribution in [3.05, 3.63) is 71.9 Å². The molecule has 0 bridgehead atoms. The summed E-state index contributed by atoms with van der Waals surface area (Å²) in [6.45, 7) is 0.323. The second-order valence-corrected chi connectivity index (χ2v) is 10.2. The van der Waals surface area contributed by atoms with Crippen molar-refractivity contribution in [2.75, 3.05) is 51.7 Å². The highest BCUT2D eigenvalue weighted by Gasteiger charge is 2.29. The van der Waals surface area contributed by atoms with E-state index in [9.17, 15) is 27.2 Å². The van der Waals surface area contributed by atoms with Gasteiger partial charge in [0.2, 0.25) is 0 Å². The molecule has 1 N–H and O–H groups in total. The predicted molar refractivity (Wildman–Crippen MR) is 138 cm³/mol. The number of piperazine rings is 1. The molecule has 1 aliphatic rings. The summed E-state index contributed by atoms with van der Waals surface area (Å²) in [5, 5.41) is 0. The Morgan fingerprint density at radius 1 is 0.975 bits per heavy atom. The monoisotopic (exact) mass is 575 g/mol. The average molecular weight is 576 g/mol. The van der Waals surface area contributed by atoms with E-state index in [1.165, 1.54) is 43.6 Å². The van der Waals surface area contributed by atoms with Gasteiger partial charge < -0.3 is 28.4 Å². The fourth-order valence-corrected chi connectivity index (χ4v) is 5.11. The minimum Gasteiger partial charge on any atom is -0.493 e. The molecule has 2 aromatic carbocycles. The van der Waals surface area contributed by atoms with E-state index in [0.717, 1.165) is 18.2 Å². The summed E-state index contributed by atoms with van der Waals surface area (Å²) < 4.78 is 62.9. The molecule has 0 atom stereocenters. The highest BCUT2D eigenvalue weighted by Crippen LogP contribution is 2.35. The fourth-order valence-electron chi connectivity index (χ4n) is 4.00. The van der Waals surface area contributed by atoms with Crippen LogP contribution in [0.5, 0.6) is 11.5 Å². The van der Waals surface area contributed by atoms with E-state index >= 15 is 0 Å². The van der Waals surface area contributed by atoms with Gasteiger partial charge in [-0.25, -0.2) is 17.6 Å². The van der Waals surface area contributed by atoms with Gasteiger partial charge in [0, 0.05) is 32.2 Å². The summed E-state index contributed by atoms with van der Waals surface area (Å²) in [6.07, 6.45) is 1.40. The first-order valence-electron chi connectivity index (χ1n) is 12.0. The Balaban J connectivity index is 1.45. The molecule has 0 unspecified atom stereocenters. The second kappa shape index (κ2) is 12.1. The molecule has 1 aromatic heterocycles. The summed E-state index contributed by atoms with van der Waals surface area (Å²) in [6, 6.07) is 10.4. The third-order valence-electron chi connectivity index (χ3n) is 6.08. The molecular weight excluding hydrogens is 549 g/mol. The maximum Gasteiger partial charge on any atom is 0.342 e. The molecule has 0 radical (unpaired) electrons. The van der Waals surface area contributed by atoms with Crippen LogP contribution in [-0.2, 0) is 19.6 Å². The number of furan rings is 1. The Hall–Kier alpha value is -4.59. The van der Waals surface area contributed by atoms with Gasteiger partial charge >= 0.3 is 5.97 Å². The Morgan fingerprint density at radius 2 is 1.68 bits per heavy atom. The van der Waals surface area contributed by atoms with E-state index < -0.39 is 39.2 Å². The number of carbonyl (C=O) groups is 3. The maximum atomic E-state index is 14.1. The second-order valence-electron chi connectivity index (χ2n) is 8.52. The van der Waals surface area contributed by atoms with Crippen LogP contribution in [0.2, 0.25) is 0 Å². The van der Waals surface area contributed by atoms with Crippen LogP contribution in [0.15, 0.2) is 64.1 Å². The number of halogens is 1. The molecule has 2 heterocycles. The lowest BCUT2D eigenvalue weighted by atomic mass is 10.2. The van der Waals surface area contributed by atoms with Gasteiger partial charge in [-0.3, -0.25) is 14.3 Å². The number of esters is 1. The molecule has 1 saturated heterocycles. The number of nitrogens with zero attached hydrogens (tertiary/aromatic N) is 2. The fraction of sp³-hybridized carbons (Fsp3) is 0.269. The van der Waals surface area contributed by atoms with Crippen LogP contribution in [0.1, 0.15) is 20.9 Å². The van der Waals surface area contributed by atoms with Crippen LogP contribution in [0.25, 0.3) is 0 Å². The zero-order valence-corrected chi connectivity index (χ0v) is 22.4. The third-order valence-corrected chi connectivity index (χ3v) is 7.42. The van der Waals surface area contributed by atoms with Gasteiger partial charge in [0.25, 0.3) is 21.8 Å². The van der Waals surface area contributed by atoms with E-state index in [0.29, 0.717) is 0 Å². The van der Waals surface area contributed by atoms with Gasteiger partial charge in [-0.15, -0.1) is 0 Å². The van der Waals surface area contributed by atoms with Gasteiger partial charge in [0.05, 0.1) is 31.1 Å². The van der Waals surface area contributed by atoms with Crippen LogP contribution in [0.4, 0.5) is 10.1 Å². The van der Waals surface area contributed by atoms with E-state index in [2.05, 4.69) is 4.72 Å². The molecule has 3 aromatic rings. The largest absolute Gasteiger partial charge is 0.493 e. The number of para-hydroxylation sites is 1. The van der Waals surface area contributed by atoms with Crippen molar-refractivity contribution in [3.8, 4) is 11.5 Å². The number of hydrogen-bond acceptors (Lipinski definition) is 9. The molecule has 0 spiro atoms. The van der Waals surface area contributed by atoms with Crippen molar-refractivity contribution < 1.29 is 45.8 Å². The topological polar surface area (TPSA) is 145 Å². The molecule has 212 valence electrons. The Labute approximate surface area is 229 Å². The highest BCUT2D eigenvalue weighted by molar-refractivity contribution is 7.92. The number of ether oxygens (including phenoxy) is 3. The van der Waals surface area contributed by atoms with E-state index in [-0.39, 0.29) is 60.6 Å². The third kappa shape index (κ3) is 6.17. The Bertz CT molecular complexity index is 1500. The molecule has 12 nitrogen and oxygen atoms in total. The number of benzene rings is 2. The van der Waals surface area contributed by atoms with E-state index in [4.69, 9.17) is 18.6 Å². The van der Waals surface area contributed by atoms with E-state index in [1.54, 1.807) is 17.0 Å². The quantitative estimate of drug-likeness (QED) is 0.380. The lowest BCUT2D eigenvalue weighted by Crippen LogP contribution is -2.51. The van der Waals surface area contributed by atoms with Crippen molar-refractivity contribution in [1.82, 2.24) is 9.80 Å². The number of sulfonamides is 1. The van der Waals surface area contributed by atoms with Crippen LogP contribution >= 0.6 is 0 Å². The van der Waals surface area contributed by atoms with Gasteiger partial charge in [-0.05, 0) is 30.3 Å². The highest BCUT2D eigenvalue weighted by atomic mass is 32.2. The van der Waals surface area contributed by atoms with Crippen molar-refractivity contribution in [1.29, 1.82) is 0 Å². The molecule has 2 amide bonds. The van der Waals surface area contributed by atoms with Crippen molar-refractivity contribution >= 4 is 33.5 Å². The van der Waals surface area contributed by atoms with Crippen molar-refractivity contribution in [3.63, 3.8) is 0 Å². The van der Waals surface area contributed by atoms with Crippen molar-refractivity contribution in [2.24, 2.45) is 0 Å². The smallest absolute Gasteiger partial charge is 0.342 e. The number of nitrogens with one attached hydrogen (secondary N) is 1. The zero-order chi connectivity index (χ0) is 28.9. The average Bonchev–Trinajstić information content (AvgIpc) is 3.51. The normalized spacial score (nSPS) is 13.5. The van der Waals surface area contributed by atoms with Crippen LogP contribution < -0.4 is 14.2 Å². The van der Waals surface area contributed by atoms with Gasteiger partial charge in [0.1, 0.15) is 11.4 Å². The van der Waals surface area contributed by atoms with E-state index in [1.807, 2.05) is 0 Å². The summed E-state index contributed by atoms with van der Waals surface area (Å²) in [7, 11) is -1.89. The number of amides is 2. The lowest BCUT2D eigenvalue weighted by molar-refractivity contribution is -0.136. The predicted octanol–water partition coefficient (Wildman–Crippen LogP) is 2.38. The lowest BCUT2D eigenvalue weighted by Gasteiger charge is -2.34. The summed E-state index contributed by atoms with van der Waals surface area (Å²) in [5.74, 6) is -2.65. The standard InChI is InChI=1S/C26H26FN3O9S/c1-36-22-15-17(40(34,35)28-20-7-4-3-6-19(20)27)14-18(24(22)37-2)26(33)39-16-23(31)29-9-11-30(12-10-29)25(32)21-8-5-13-38-21/h3-8,13-15,28H,9-12,16H2,1-2H3. The number of carbonyl (C=O) groups excluding carboxylic acids is 3. The SMILES string of the molecule is COc1cc(S(=O)(=O)Nc2ccccc2F)cc(C(=O)OCC(=O)N2CCN(C(=O)c3ccco3)CC2)c1OC. The first-order valence-corrected chi connectivity index (χ1v) is 13.4.